The molecule has 3 heteroatoms. The molecule has 3 aromatic carbocycles. The number of aromatic hydroxyl groups is 1. The molecule has 0 aliphatic heterocycles. The molecule has 2 aliphatic rings. The van der Waals surface area contributed by atoms with Gasteiger partial charge in [-0.05, 0) is 91.5 Å². The fourth-order valence-corrected chi connectivity index (χ4v) is 5.41. The van der Waals surface area contributed by atoms with E-state index in [1.54, 1.807) is 19.2 Å². The van der Waals surface area contributed by atoms with Gasteiger partial charge in [0.1, 0.15) is 5.75 Å². The molecule has 31 heavy (non-hydrogen) atoms. The van der Waals surface area contributed by atoms with Gasteiger partial charge in [0.25, 0.3) is 0 Å². The first-order valence-corrected chi connectivity index (χ1v) is 11.4. The van der Waals surface area contributed by atoms with Gasteiger partial charge in [0, 0.05) is 5.41 Å². The summed E-state index contributed by atoms with van der Waals surface area (Å²) in [4.78, 5) is 0. The molecule has 1 saturated carbocycles. The number of hydrogen-bond acceptors (Lipinski definition) is 3. The second-order valence-electron chi connectivity index (χ2n) is 9.14. The quantitative estimate of drug-likeness (QED) is 0.537. The van der Waals surface area contributed by atoms with Gasteiger partial charge in [-0.1, -0.05) is 42.5 Å². The summed E-state index contributed by atoms with van der Waals surface area (Å²) in [6.45, 7) is 0. The van der Waals surface area contributed by atoms with Crippen molar-refractivity contribution >= 4 is 0 Å². The monoisotopic (exact) mass is 414 g/mol. The molecule has 0 spiro atoms. The molecule has 3 aromatic rings. The van der Waals surface area contributed by atoms with Gasteiger partial charge in [0.15, 0.2) is 11.5 Å². The third-order valence-electron chi connectivity index (χ3n) is 7.03. The Balaban J connectivity index is 1.54. The van der Waals surface area contributed by atoms with E-state index in [9.17, 15) is 5.11 Å². The van der Waals surface area contributed by atoms with E-state index in [1.165, 1.54) is 35.1 Å². The zero-order valence-electron chi connectivity index (χ0n) is 18.1. The maximum Gasteiger partial charge on any atom is 0.161 e. The lowest BCUT2D eigenvalue weighted by molar-refractivity contribution is 0.200. The molecule has 0 unspecified atom stereocenters. The van der Waals surface area contributed by atoms with Crippen LogP contribution in [-0.2, 0) is 24.7 Å². The van der Waals surface area contributed by atoms with Crippen LogP contribution in [0.2, 0.25) is 0 Å². The molecule has 0 heterocycles. The lowest BCUT2D eigenvalue weighted by Gasteiger charge is -2.31. The van der Waals surface area contributed by atoms with E-state index in [4.69, 9.17) is 9.47 Å². The maximum absolute atomic E-state index is 9.74. The van der Waals surface area contributed by atoms with Crippen molar-refractivity contribution in [2.75, 3.05) is 7.11 Å². The summed E-state index contributed by atoms with van der Waals surface area (Å²) in [6.07, 6.45) is 7.93. The van der Waals surface area contributed by atoms with Gasteiger partial charge in [-0.15, -0.1) is 0 Å². The minimum Gasteiger partial charge on any atom is -0.508 e. The van der Waals surface area contributed by atoms with Crippen LogP contribution >= 0.6 is 0 Å². The number of ether oxygens (including phenoxy) is 2. The van der Waals surface area contributed by atoms with Crippen LogP contribution in [0.1, 0.15) is 47.9 Å². The number of phenolic OH excluding ortho intramolecular Hbond substituents is 1. The average Bonchev–Trinajstić information content (AvgIpc) is 3.43. The summed E-state index contributed by atoms with van der Waals surface area (Å²) in [7, 11) is 1.72. The molecule has 5 rings (SSSR count). The zero-order chi connectivity index (χ0) is 21.3. The van der Waals surface area contributed by atoms with Crippen LogP contribution in [0.25, 0.3) is 0 Å². The Kier molecular flexibility index (Phi) is 5.35. The molecule has 0 bridgehead atoms. The van der Waals surface area contributed by atoms with Crippen LogP contribution in [0.5, 0.6) is 17.2 Å². The van der Waals surface area contributed by atoms with Crippen LogP contribution in [0.3, 0.4) is 0 Å². The molecule has 1 N–H and O–H groups in total. The first-order valence-electron chi connectivity index (χ1n) is 11.4. The highest BCUT2D eigenvalue weighted by Gasteiger charge is 2.39. The Hall–Kier alpha value is -2.94. The van der Waals surface area contributed by atoms with Crippen molar-refractivity contribution in [1.29, 1.82) is 0 Å². The maximum atomic E-state index is 9.74. The number of phenols is 1. The van der Waals surface area contributed by atoms with Crippen molar-refractivity contribution in [3.63, 3.8) is 0 Å². The van der Waals surface area contributed by atoms with Gasteiger partial charge in [0.05, 0.1) is 13.2 Å². The molecule has 0 radical (unpaired) electrons. The van der Waals surface area contributed by atoms with E-state index in [-0.39, 0.29) is 11.5 Å². The van der Waals surface area contributed by atoms with Gasteiger partial charge >= 0.3 is 0 Å². The molecule has 1 fully saturated rings. The smallest absolute Gasteiger partial charge is 0.161 e. The van der Waals surface area contributed by atoms with Gasteiger partial charge in [-0.3, -0.25) is 0 Å². The number of methoxy groups -OCH3 is 1. The van der Waals surface area contributed by atoms with E-state index in [0.29, 0.717) is 5.75 Å². The normalized spacial score (nSPS) is 17.5. The summed E-state index contributed by atoms with van der Waals surface area (Å²) in [5, 5.41) is 9.74. The highest BCUT2D eigenvalue weighted by molar-refractivity contribution is 5.50. The molecular weight excluding hydrogens is 384 g/mol. The molecule has 0 atom stereocenters. The van der Waals surface area contributed by atoms with Crippen molar-refractivity contribution in [2.24, 2.45) is 0 Å². The first kappa shape index (κ1) is 20.0. The number of hydrogen-bond donors (Lipinski definition) is 1. The Bertz CT molecular complexity index is 1020. The topological polar surface area (TPSA) is 38.7 Å². The summed E-state index contributed by atoms with van der Waals surface area (Å²) in [5.74, 6) is 1.99. The summed E-state index contributed by atoms with van der Waals surface area (Å²) < 4.78 is 12.1. The summed E-state index contributed by atoms with van der Waals surface area (Å²) in [5.41, 5.74) is 5.34. The van der Waals surface area contributed by atoms with Gasteiger partial charge in [-0.2, -0.15) is 0 Å². The Morgan fingerprint density at radius 2 is 1.55 bits per heavy atom. The van der Waals surface area contributed by atoms with E-state index >= 15 is 0 Å². The fourth-order valence-electron chi connectivity index (χ4n) is 5.41. The highest BCUT2D eigenvalue weighted by atomic mass is 16.5. The number of rotatable bonds is 6. The molecule has 160 valence electrons. The molecule has 0 saturated heterocycles. The lowest BCUT2D eigenvalue weighted by atomic mass is 9.73. The summed E-state index contributed by atoms with van der Waals surface area (Å²) in [6, 6.07) is 23.0. The van der Waals surface area contributed by atoms with Gasteiger partial charge < -0.3 is 14.6 Å². The minimum absolute atomic E-state index is 0.0410. The summed E-state index contributed by atoms with van der Waals surface area (Å²) >= 11 is 0. The molecule has 2 aliphatic carbocycles. The van der Waals surface area contributed by atoms with Crippen molar-refractivity contribution in [2.45, 2.75) is 56.5 Å². The molecule has 3 nitrogen and oxygen atoms in total. The standard InChI is InChI=1S/C28H30O3/c1-30-26-15-12-23(16-27(26)31-25-8-4-5-9-25)28(17-20-10-13-24(29)14-11-20)18-21-6-2-3-7-22(21)19-28/h2-3,6-7,10-16,25,29H,4-5,8-9,17-19H2,1H3. The van der Waals surface area contributed by atoms with Crippen molar-refractivity contribution in [3.05, 3.63) is 89.0 Å². The predicted molar refractivity (Wildman–Crippen MR) is 123 cm³/mol. The highest BCUT2D eigenvalue weighted by Crippen LogP contribution is 2.45. The lowest BCUT2D eigenvalue weighted by Crippen LogP contribution is -2.30. The van der Waals surface area contributed by atoms with E-state index in [1.807, 2.05) is 12.1 Å². The van der Waals surface area contributed by atoms with E-state index in [2.05, 4.69) is 42.5 Å². The Morgan fingerprint density at radius 3 is 2.19 bits per heavy atom. The second-order valence-corrected chi connectivity index (χ2v) is 9.14. The SMILES string of the molecule is COc1ccc(C2(Cc3ccc(O)cc3)Cc3ccccc3C2)cc1OC1CCCC1. The molecular formula is C28H30O3. The molecule has 0 aromatic heterocycles. The largest absolute Gasteiger partial charge is 0.508 e. The first-order chi connectivity index (χ1) is 15.1. The Labute approximate surface area is 184 Å². The van der Waals surface area contributed by atoms with E-state index in [0.717, 1.165) is 43.6 Å². The third-order valence-corrected chi connectivity index (χ3v) is 7.03. The fraction of sp³-hybridized carbons (Fsp3) is 0.357. The number of benzene rings is 3. The second kappa shape index (κ2) is 8.30. The van der Waals surface area contributed by atoms with Gasteiger partial charge in [-0.25, -0.2) is 0 Å². The number of fused-ring (bicyclic) bond motifs is 1. The minimum atomic E-state index is -0.0410. The van der Waals surface area contributed by atoms with E-state index < -0.39 is 0 Å². The molecule has 0 amide bonds. The zero-order valence-corrected chi connectivity index (χ0v) is 18.1. The average molecular weight is 415 g/mol. The van der Waals surface area contributed by atoms with Crippen molar-refractivity contribution in [1.82, 2.24) is 0 Å². The van der Waals surface area contributed by atoms with Crippen molar-refractivity contribution < 1.29 is 14.6 Å². The van der Waals surface area contributed by atoms with Crippen LogP contribution in [-0.4, -0.2) is 18.3 Å². The van der Waals surface area contributed by atoms with Crippen LogP contribution < -0.4 is 9.47 Å². The third kappa shape index (κ3) is 4.01. The van der Waals surface area contributed by atoms with Crippen LogP contribution in [0.15, 0.2) is 66.7 Å². The van der Waals surface area contributed by atoms with Crippen molar-refractivity contribution in [3.8, 4) is 17.2 Å². The van der Waals surface area contributed by atoms with Crippen LogP contribution in [0, 0.1) is 0 Å². The van der Waals surface area contributed by atoms with Crippen LogP contribution in [0.4, 0.5) is 0 Å². The van der Waals surface area contributed by atoms with Gasteiger partial charge in [0.2, 0.25) is 0 Å². The predicted octanol–water partition coefficient (Wildman–Crippen LogP) is 6.00. The Morgan fingerprint density at radius 1 is 0.871 bits per heavy atom.